The molecule has 0 amide bonds. The van der Waals surface area contributed by atoms with E-state index in [0.29, 0.717) is 25.2 Å². The lowest BCUT2D eigenvalue weighted by molar-refractivity contribution is -0.116. The zero-order chi connectivity index (χ0) is 26.7. The average Bonchev–Trinajstić information content (AvgIpc) is 3.21. The van der Waals surface area contributed by atoms with E-state index in [1.165, 1.54) is 0 Å². The second kappa shape index (κ2) is 11.1. The van der Waals surface area contributed by atoms with Gasteiger partial charge in [0.05, 0.1) is 12.8 Å². The first-order chi connectivity index (χ1) is 17.6. The standard InChI is InChI=1S/C31H36F2N2O2/c1-19(2)29(21(4)37-5)25-16-27-23(7-6-22-10-12-31(32,33)13-11-22)15-28(30(27)35-18-25)24-8-9-26(34-17-24)14-20(3)36/h8-9,15-18,22-23H,1,6-7,10-14H2,2-5H3/b29-21+. The predicted octanol–water partition coefficient (Wildman–Crippen LogP) is 7.70. The number of allylic oxidation sites excluding steroid dienone is 4. The fraction of sp³-hybridized carbons (Fsp3) is 0.452. The molecule has 0 N–H and O–H groups in total. The van der Waals surface area contributed by atoms with Crippen LogP contribution in [0.3, 0.4) is 0 Å². The predicted molar refractivity (Wildman–Crippen MR) is 143 cm³/mol. The van der Waals surface area contributed by atoms with Gasteiger partial charge in [0.1, 0.15) is 11.5 Å². The van der Waals surface area contributed by atoms with Gasteiger partial charge in [-0.25, -0.2) is 8.78 Å². The van der Waals surface area contributed by atoms with Crippen molar-refractivity contribution in [2.24, 2.45) is 5.92 Å². The molecule has 1 fully saturated rings. The number of rotatable bonds is 9. The van der Waals surface area contributed by atoms with Crippen molar-refractivity contribution in [1.82, 2.24) is 9.97 Å². The zero-order valence-corrected chi connectivity index (χ0v) is 22.2. The number of aromatic nitrogens is 2. The summed E-state index contributed by atoms with van der Waals surface area (Å²) in [4.78, 5) is 20.9. The number of hydrogen-bond acceptors (Lipinski definition) is 4. The smallest absolute Gasteiger partial charge is 0.248 e. The number of fused-ring (bicyclic) bond motifs is 1. The summed E-state index contributed by atoms with van der Waals surface area (Å²) in [7, 11) is 1.65. The van der Waals surface area contributed by atoms with Crippen LogP contribution in [-0.2, 0) is 16.0 Å². The van der Waals surface area contributed by atoms with Crippen LogP contribution in [-0.4, -0.2) is 28.8 Å². The van der Waals surface area contributed by atoms with Crippen molar-refractivity contribution < 1.29 is 18.3 Å². The lowest BCUT2D eigenvalue weighted by Gasteiger charge is -2.28. The number of pyridine rings is 2. The molecule has 1 saturated carbocycles. The van der Waals surface area contributed by atoms with Gasteiger partial charge in [0.25, 0.3) is 0 Å². The van der Waals surface area contributed by atoms with Crippen molar-refractivity contribution >= 4 is 16.9 Å². The number of methoxy groups -OCH3 is 1. The summed E-state index contributed by atoms with van der Waals surface area (Å²) in [5.41, 5.74) is 7.57. The number of hydrogen-bond donors (Lipinski definition) is 0. The van der Waals surface area contributed by atoms with Gasteiger partial charge in [0.2, 0.25) is 5.92 Å². The van der Waals surface area contributed by atoms with Gasteiger partial charge >= 0.3 is 0 Å². The first-order valence-corrected chi connectivity index (χ1v) is 13.0. The van der Waals surface area contributed by atoms with Crippen LogP contribution in [0.1, 0.15) is 93.3 Å². The van der Waals surface area contributed by atoms with Crippen molar-refractivity contribution in [3.05, 3.63) is 82.7 Å². The van der Waals surface area contributed by atoms with Crippen LogP contribution in [0, 0.1) is 5.92 Å². The Labute approximate surface area is 218 Å². The molecule has 2 aromatic rings. The molecule has 2 aromatic heterocycles. The lowest BCUT2D eigenvalue weighted by atomic mass is 9.81. The SMILES string of the molecule is C=C(C)/C(=C(/C)OC)c1cnc2c(c1)C(CCC1CCC(F)(F)CC1)C=C2c1ccc(CC(C)=O)nc1. The average molecular weight is 507 g/mol. The fourth-order valence-electron chi connectivity index (χ4n) is 5.57. The van der Waals surface area contributed by atoms with E-state index in [4.69, 9.17) is 9.72 Å². The second-order valence-corrected chi connectivity index (χ2v) is 10.6. The molecular formula is C31H36F2N2O2. The molecule has 6 heteroatoms. The summed E-state index contributed by atoms with van der Waals surface area (Å²) in [5.74, 6) is -1.19. The Balaban J connectivity index is 1.66. The molecule has 0 saturated heterocycles. The van der Waals surface area contributed by atoms with E-state index < -0.39 is 5.92 Å². The van der Waals surface area contributed by atoms with Crippen LogP contribution in [0.15, 0.2) is 54.6 Å². The summed E-state index contributed by atoms with van der Waals surface area (Å²) in [5, 5.41) is 0. The van der Waals surface area contributed by atoms with E-state index in [9.17, 15) is 13.6 Å². The summed E-state index contributed by atoms with van der Waals surface area (Å²) < 4.78 is 32.9. The minimum atomic E-state index is -2.51. The van der Waals surface area contributed by atoms with E-state index in [1.54, 1.807) is 14.0 Å². The van der Waals surface area contributed by atoms with Gasteiger partial charge in [-0.15, -0.1) is 0 Å². The summed E-state index contributed by atoms with van der Waals surface area (Å²) in [6, 6.07) is 6.07. The molecule has 1 unspecified atom stereocenters. The van der Waals surface area contributed by atoms with E-state index in [1.807, 2.05) is 38.4 Å². The molecule has 0 aromatic carbocycles. The van der Waals surface area contributed by atoms with Crippen molar-refractivity contribution in [3.63, 3.8) is 0 Å². The van der Waals surface area contributed by atoms with Gasteiger partial charge < -0.3 is 4.74 Å². The molecule has 0 radical (unpaired) electrons. The van der Waals surface area contributed by atoms with Crippen LogP contribution >= 0.6 is 0 Å². The number of carbonyl (C=O) groups excluding carboxylic acids is 1. The number of Topliss-reactive ketones (excluding diaryl/α,β-unsaturated/α-hetero) is 1. The normalized spacial score (nSPS) is 19.6. The molecule has 4 nitrogen and oxygen atoms in total. The molecule has 4 rings (SSSR count). The van der Waals surface area contributed by atoms with E-state index >= 15 is 0 Å². The van der Waals surface area contributed by atoms with Crippen molar-refractivity contribution in [2.45, 2.75) is 77.6 Å². The molecule has 0 spiro atoms. The fourth-order valence-corrected chi connectivity index (χ4v) is 5.57. The molecular weight excluding hydrogens is 470 g/mol. The Bertz CT molecular complexity index is 1230. The summed E-state index contributed by atoms with van der Waals surface area (Å²) in [6.07, 6.45) is 9.17. The highest BCUT2D eigenvalue weighted by Crippen LogP contribution is 2.44. The van der Waals surface area contributed by atoms with Gasteiger partial charge in [-0.3, -0.25) is 14.8 Å². The molecule has 37 heavy (non-hydrogen) atoms. The van der Waals surface area contributed by atoms with Gasteiger partial charge in [0.15, 0.2) is 0 Å². The highest BCUT2D eigenvalue weighted by Gasteiger charge is 2.35. The highest BCUT2D eigenvalue weighted by molar-refractivity contribution is 5.86. The van der Waals surface area contributed by atoms with Gasteiger partial charge in [-0.05, 0) is 75.6 Å². The third-order valence-electron chi connectivity index (χ3n) is 7.60. The Morgan fingerprint density at radius 1 is 1.11 bits per heavy atom. The minimum absolute atomic E-state index is 0.00689. The number of ketones is 1. The van der Waals surface area contributed by atoms with Gasteiger partial charge in [-0.1, -0.05) is 18.7 Å². The zero-order valence-electron chi connectivity index (χ0n) is 22.2. The van der Waals surface area contributed by atoms with Crippen LogP contribution in [0.25, 0.3) is 11.1 Å². The molecule has 0 bridgehead atoms. The van der Waals surface area contributed by atoms with Crippen molar-refractivity contribution in [3.8, 4) is 0 Å². The molecule has 196 valence electrons. The molecule has 2 aliphatic rings. The van der Waals surface area contributed by atoms with Gasteiger partial charge in [-0.2, -0.15) is 0 Å². The number of halogens is 2. The number of alkyl halides is 2. The minimum Gasteiger partial charge on any atom is -0.501 e. The largest absolute Gasteiger partial charge is 0.501 e. The highest BCUT2D eigenvalue weighted by atomic mass is 19.3. The third kappa shape index (κ3) is 6.23. The van der Waals surface area contributed by atoms with Crippen LogP contribution in [0.4, 0.5) is 8.78 Å². The van der Waals surface area contributed by atoms with Crippen LogP contribution in [0.5, 0.6) is 0 Å². The maximum Gasteiger partial charge on any atom is 0.248 e. The van der Waals surface area contributed by atoms with E-state index in [-0.39, 0.29) is 24.5 Å². The summed E-state index contributed by atoms with van der Waals surface area (Å²) in [6.45, 7) is 9.58. The number of nitrogens with zero attached hydrogens (tertiary/aromatic N) is 2. The topological polar surface area (TPSA) is 52.1 Å². The van der Waals surface area contributed by atoms with E-state index in [2.05, 4.69) is 23.7 Å². The third-order valence-corrected chi connectivity index (χ3v) is 7.60. The number of carbonyl (C=O) groups is 1. The Hall–Kier alpha value is -3.15. The lowest BCUT2D eigenvalue weighted by Crippen LogP contribution is -2.24. The molecule has 2 heterocycles. The van der Waals surface area contributed by atoms with Crippen molar-refractivity contribution in [1.29, 1.82) is 0 Å². The van der Waals surface area contributed by atoms with E-state index in [0.717, 1.165) is 63.4 Å². The molecule has 0 aliphatic heterocycles. The quantitative estimate of drug-likeness (QED) is 0.258. The number of ether oxygens (including phenoxy) is 1. The first-order valence-electron chi connectivity index (χ1n) is 13.0. The Morgan fingerprint density at radius 2 is 1.84 bits per heavy atom. The van der Waals surface area contributed by atoms with Gasteiger partial charge in [0, 0.05) is 65.5 Å². The second-order valence-electron chi connectivity index (χ2n) is 10.6. The summed E-state index contributed by atoms with van der Waals surface area (Å²) >= 11 is 0. The Morgan fingerprint density at radius 3 is 2.43 bits per heavy atom. The van der Waals surface area contributed by atoms with Crippen LogP contribution in [0.2, 0.25) is 0 Å². The first kappa shape index (κ1) is 26.9. The van der Waals surface area contributed by atoms with Crippen molar-refractivity contribution in [2.75, 3.05) is 7.11 Å². The maximum atomic E-state index is 13.7. The molecule has 1 atom stereocenters. The molecule has 2 aliphatic carbocycles. The monoisotopic (exact) mass is 506 g/mol. The van der Waals surface area contributed by atoms with Crippen LogP contribution < -0.4 is 0 Å². The maximum absolute atomic E-state index is 13.7. The Kier molecular flexibility index (Phi) is 8.05.